The number of hydrogen-bond donors (Lipinski definition) is 0. The molecule has 0 bridgehead atoms. The molecule has 0 radical (unpaired) electrons. The summed E-state index contributed by atoms with van der Waals surface area (Å²) >= 11 is 0. The molecule has 0 amide bonds. The van der Waals surface area contributed by atoms with Crippen LogP contribution in [0.4, 0.5) is 0 Å². The second kappa shape index (κ2) is 10.7. The first-order valence-corrected chi connectivity index (χ1v) is 15.8. The van der Waals surface area contributed by atoms with E-state index in [0.29, 0.717) is 21.7 Å². The van der Waals surface area contributed by atoms with Gasteiger partial charge < -0.3 is 0 Å². The summed E-state index contributed by atoms with van der Waals surface area (Å²) in [4.78, 5) is 0. The van der Waals surface area contributed by atoms with E-state index in [1.807, 2.05) is 0 Å². The van der Waals surface area contributed by atoms with Crippen LogP contribution in [0.15, 0.2) is 30.3 Å². The highest BCUT2D eigenvalue weighted by atomic mass is 14.7. The lowest BCUT2D eigenvalue weighted by atomic mass is 9.33. The van der Waals surface area contributed by atoms with Crippen LogP contribution in [0.3, 0.4) is 0 Å². The first-order valence-electron chi connectivity index (χ1n) is 15.8. The molecule has 0 atom stereocenters. The molecule has 0 saturated heterocycles. The molecular formula is C34H54. The van der Waals surface area contributed by atoms with E-state index in [9.17, 15) is 0 Å². The van der Waals surface area contributed by atoms with Gasteiger partial charge in [-0.2, -0.15) is 0 Å². The molecule has 34 heavy (non-hydrogen) atoms. The Morgan fingerprint density at radius 3 is 1.38 bits per heavy atom. The Labute approximate surface area is 212 Å². The van der Waals surface area contributed by atoms with Crippen molar-refractivity contribution in [3.63, 3.8) is 0 Å². The van der Waals surface area contributed by atoms with E-state index >= 15 is 0 Å². The monoisotopic (exact) mass is 462 g/mol. The fraction of sp³-hybridized carbons (Fsp3) is 0.824. The Bertz CT molecular complexity index is 728. The molecule has 4 aliphatic carbocycles. The van der Waals surface area contributed by atoms with Crippen LogP contribution >= 0.6 is 0 Å². The van der Waals surface area contributed by atoms with Crippen LogP contribution in [0.1, 0.15) is 154 Å². The van der Waals surface area contributed by atoms with Gasteiger partial charge in [-0.25, -0.2) is 0 Å². The predicted octanol–water partition coefficient (Wildman–Crippen LogP) is 10.8. The first-order chi connectivity index (χ1) is 16.7. The standard InChI is InChI=1S/C34H54/c1-2-20-31(21-10-4-11-22-31)33(25-14-6-15-26-33)34(27-16-7-17-28-34)32(23-12-5-13-24-32)29-30-18-8-3-9-19-30/h3,8-9,18-19H,2,4-7,10-17,20-29H2,1H3. The molecule has 0 aromatic heterocycles. The van der Waals surface area contributed by atoms with Crippen molar-refractivity contribution in [1.29, 1.82) is 0 Å². The lowest BCUT2D eigenvalue weighted by Gasteiger charge is -2.71. The van der Waals surface area contributed by atoms with E-state index in [2.05, 4.69) is 37.3 Å². The smallest absolute Gasteiger partial charge is 0.0176 e. The van der Waals surface area contributed by atoms with Crippen LogP contribution < -0.4 is 0 Å². The summed E-state index contributed by atoms with van der Waals surface area (Å²) in [6.07, 6.45) is 34.8. The van der Waals surface area contributed by atoms with Crippen molar-refractivity contribution >= 4 is 0 Å². The molecule has 0 heteroatoms. The first kappa shape index (κ1) is 24.9. The van der Waals surface area contributed by atoms with E-state index in [4.69, 9.17) is 0 Å². The highest BCUT2D eigenvalue weighted by molar-refractivity contribution is 5.22. The maximum Gasteiger partial charge on any atom is -0.0176 e. The van der Waals surface area contributed by atoms with E-state index in [1.165, 1.54) is 109 Å². The number of hydrogen-bond acceptors (Lipinski definition) is 0. The van der Waals surface area contributed by atoms with Crippen LogP contribution in [-0.4, -0.2) is 0 Å². The van der Waals surface area contributed by atoms with Crippen LogP contribution in [-0.2, 0) is 6.42 Å². The molecule has 1 aromatic rings. The molecule has 0 heterocycles. The molecule has 0 spiro atoms. The average Bonchev–Trinajstić information content (AvgIpc) is 2.91. The third-order valence-corrected chi connectivity index (χ3v) is 12.1. The maximum atomic E-state index is 2.51. The third-order valence-electron chi connectivity index (χ3n) is 12.1. The molecule has 0 nitrogen and oxygen atoms in total. The van der Waals surface area contributed by atoms with E-state index < -0.39 is 0 Å². The van der Waals surface area contributed by atoms with Crippen molar-refractivity contribution in [1.82, 2.24) is 0 Å². The molecule has 0 aliphatic heterocycles. The van der Waals surface area contributed by atoms with E-state index in [0.717, 1.165) is 0 Å². The van der Waals surface area contributed by atoms with Crippen LogP contribution in [0.2, 0.25) is 0 Å². The lowest BCUT2D eigenvalue weighted by Crippen LogP contribution is -2.63. The summed E-state index contributed by atoms with van der Waals surface area (Å²) in [6, 6.07) is 11.8. The second-order valence-electron chi connectivity index (χ2n) is 13.4. The zero-order valence-electron chi connectivity index (χ0n) is 22.7. The Morgan fingerprint density at radius 2 is 0.912 bits per heavy atom. The zero-order chi connectivity index (χ0) is 23.4. The van der Waals surface area contributed by atoms with Crippen molar-refractivity contribution in [3.8, 4) is 0 Å². The van der Waals surface area contributed by atoms with Gasteiger partial charge in [0.2, 0.25) is 0 Å². The molecule has 4 fully saturated rings. The Kier molecular flexibility index (Phi) is 7.82. The van der Waals surface area contributed by atoms with Crippen molar-refractivity contribution < 1.29 is 0 Å². The van der Waals surface area contributed by atoms with Crippen molar-refractivity contribution in [2.24, 2.45) is 21.7 Å². The third kappa shape index (κ3) is 4.12. The fourth-order valence-electron chi connectivity index (χ4n) is 11.1. The van der Waals surface area contributed by atoms with Crippen molar-refractivity contribution in [3.05, 3.63) is 35.9 Å². The Hall–Kier alpha value is -0.780. The largest absolute Gasteiger partial charge is 0.0654 e. The maximum absolute atomic E-state index is 2.51. The molecule has 4 saturated carbocycles. The minimum absolute atomic E-state index is 0.544. The van der Waals surface area contributed by atoms with Crippen LogP contribution in [0, 0.1) is 21.7 Å². The number of rotatable bonds is 7. The van der Waals surface area contributed by atoms with Gasteiger partial charge >= 0.3 is 0 Å². The highest BCUT2D eigenvalue weighted by Gasteiger charge is 2.67. The summed E-state index contributed by atoms with van der Waals surface area (Å²) in [5.41, 5.74) is 4.03. The molecule has 5 rings (SSSR count). The minimum Gasteiger partial charge on any atom is -0.0654 e. The summed E-state index contributed by atoms with van der Waals surface area (Å²) in [7, 11) is 0. The predicted molar refractivity (Wildman–Crippen MR) is 147 cm³/mol. The Balaban J connectivity index is 1.68. The summed E-state index contributed by atoms with van der Waals surface area (Å²) in [5, 5.41) is 0. The van der Waals surface area contributed by atoms with Gasteiger partial charge in [-0.1, -0.05) is 121 Å². The highest BCUT2D eigenvalue weighted by Crippen LogP contribution is 2.76. The van der Waals surface area contributed by atoms with Gasteiger partial charge in [0, 0.05) is 0 Å². The van der Waals surface area contributed by atoms with Crippen molar-refractivity contribution in [2.75, 3.05) is 0 Å². The Morgan fingerprint density at radius 1 is 0.500 bits per heavy atom. The quantitative estimate of drug-likeness (QED) is 0.378. The van der Waals surface area contributed by atoms with E-state index in [-0.39, 0.29) is 0 Å². The van der Waals surface area contributed by atoms with Gasteiger partial charge in [-0.3, -0.25) is 0 Å². The molecule has 190 valence electrons. The van der Waals surface area contributed by atoms with Gasteiger partial charge in [-0.15, -0.1) is 0 Å². The number of benzene rings is 1. The molecule has 0 N–H and O–H groups in total. The van der Waals surface area contributed by atoms with Crippen molar-refractivity contribution in [2.45, 2.75) is 155 Å². The molecule has 4 aliphatic rings. The van der Waals surface area contributed by atoms with Gasteiger partial charge in [0.15, 0.2) is 0 Å². The SMILES string of the molecule is CCCC1(C2(C3(C4(Cc5ccccc5)CCCCC4)CCCCC3)CCCCC2)CCCCC1. The fourth-order valence-corrected chi connectivity index (χ4v) is 11.1. The molecule has 1 aromatic carbocycles. The van der Waals surface area contributed by atoms with Gasteiger partial charge in [0.25, 0.3) is 0 Å². The van der Waals surface area contributed by atoms with E-state index in [1.54, 1.807) is 44.1 Å². The summed E-state index contributed by atoms with van der Waals surface area (Å²) < 4.78 is 0. The zero-order valence-corrected chi connectivity index (χ0v) is 22.7. The lowest BCUT2D eigenvalue weighted by molar-refractivity contribution is -0.219. The van der Waals surface area contributed by atoms with Gasteiger partial charge in [-0.05, 0) is 91.4 Å². The van der Waals surface area contributed by atoms with Gasteiger partial charge in [0.05, 0.1) is 0 Å². The van der Waals surface area contributed by atoms with Crippen LogP contribution in [0.25, 0.3) is 0 Å². The minimum atomic E-state index is 0.544. The second-order valence-corrected chi connectivity index (χ2v) is 13.4. The normalized spacial score (nSPS) is 28.3. The van der Waals surface area contributed by atoms with Gasteiger partial charge in [0.1, 0.15) is 0 Å². The molecule has 0 unspecified atom stereocenters. The summed E-state index contributed by atoms with van der Waals surface area (Å²) in [5.74, 6) is 0. The molecular weight excluding hydrogens is 408 g/mol. The topological polar surface area (TPSA) is 0 Å². The van der Waals surface area contributed by atoms with Crippen LogP contribution in [0.5, 0.6) is 0 Å². The summed E-state index contributed by atoms with van der Waals surface area (Å²) in [6.45, 7) is 2.51. The average molecular weight is 463 g/mol.